The van der Waals surface area contributed by atoms with Gasteiger partial charge in [0.25, 0.3) is 0 Å². The Morgan fingerprint density at radius 3 is 1.69 bits per heavy atom. The van der Waals surface area contributed by atoms with Crippen molar-refractivity contribution in [3.63, 3.8) is 0 Å². The van der Waals surface area contributed by atoms with Crippen LogP contribution >= 0.6 is 0 Å². The minimum absolute atomic E-state index is 0.166. The Labute approximate surface area is 313 Å². The van der Waals surface area contributed by atoms with E-state index in [-0.39, 0.29) is 5.41 Å². The Kier molecular flexibility index (Phi) is 6.56. The van der Waals surface area contributed by atoms with E-state index < -0.39 is 0 Å². The van der Waals surface area contributed by atoms with Gasteiger partial charge in [-0.1, -0.05) is 147 Å². The van der Waals surface area contributed by atoms with Crippen LogP contribution in [0.25, 0.3) is 94.3 Å². The van der Waals surface area contributed by atoms with E-state index in [1.807, 2.05) is 36.4 Å². The molecule has 0 unspecified atom stereocenters. The highest BCUT2D eigenvalue weighted by Gasteiger charge is 2.37. The molecule has 0 atom stereocenters. The number of hydrogen-bond acceptors (Lipinski definition) is 3. The van der Waals surface area contributed by atoms with Crippen molar-refractivity contribution in [1.82, 2.24) is 19.5 Å². The molecule has 0 spiro atoms. The number of benzene rings is 8. The van der Waals surface area contributed by atoms with Crippen LogP contribution in [-0.4, -0.2) is 19.5 Å². The van der Waals surface area contributed by atoms with Crippen molar-refractivity contribution in [3.8, 4) is 51.0 Å². The molecule has 0 bridgehead atoms. The summed E-state index contributed by atoms with van der Waals surface area (Å²) in [6, 6.07) is 60.6. The van der Waals surface area contributed by atoms with Crippen molar-refractivity contribution >= 4 is 43.4 Å². The molecule has 4 heteroatoms. The largest absolute Gasteiger partial charge is 0.309 e. The van der Waals surface area contributed by atoms with Gasteiger partial charge in [-0.15, -0.1) is 0 Å². The fourth-order valence-corrected chi connectivity index (χ4v) is 8.76. The lowest BCUT2D eigenvalue weighted by Crippen LogP contribution is -2.15. The van der Waals surface area contributed by atoms with Crippen LogP contribution in [0.4, 0.5) is 0 Å². The zero-order valence-electron chi connectivity index (χ0n) is 30.0. The number of para-hydroxylation sites is 1. The third-order valence-corrected chi connectivity index (χ3v) is 11.4. The van der Waals surface area contributed by atoms with E-state index in [9.17, 15) is 0 Å². The quantitative estimate of drug-likeness (QED) is 0.185. The molecule has 0 fully saturated rings. The van der Waals surface area contributed by atoms with Gasteiger partial charge in [-0.2, -0.15) is 0 Å². The van der Waals surface area contributed by atoms with E-state index in [2.05, 4.69) is 152 Å². The predicted octanol–water partition coefficient (Wildman–Crippen LogP) is 12.6. The third kappa shape index (κ3) is 4.53. The zero-order valence-corrected chi connectivity index (χ0v) is 30.0. The lowest BCUT2D eigenvalue weighted by molar-refractivity contribution is 0.662. The van der Waals surface area contributed by atoms with Crippen molar-refractivity contribution in [2.45, 2.75) is 19.3 Å². The Morgan fingerprint density at radius 2 is 0.963 bits per heavy atom. The maximum absolute atomic E-state index is 5.18. The molecule has 0 amide bonds. The number of hydrogen-bond donors (Lipinski definition) is 0. The van der Waals surface area contributed by atoms with Gasteiger partial charge in [0.1, 0.15) is 0 Å². The second-order valence-corrected chi connectivity index (χ2v) is 14.9. The summed E-state index contributed by atoms with van der Waals surface area (Å²) in [4.78, 5) is 15.3. The monoisotopic (exact) mass is 690 g/mol. The van der Waals surface area contributed by atoms with Gasteiger partial charge in [0.05, 0.1) is 16.7 Å². The van der Waals surface area contributed by atoms with Gasteiger partial charge in [0, 0.05) is 38.3 Å². The first kappa shape index (κ1) is 30.7. The maximum Gasteiger partial charge on any atom is 0.164 e. The molecular formula is C50H34N4. The molecule has 4 nitrogen and oxygen atoms in total. The van der Waals surface area contributed by atoms with Gasteiger partial charge in [-0.05, 0) is 74.8 Å². The van der Waals surface area contributed by atoms with Crippen LogP contribution < -0.4 is 0 Å². The second kappa shape index (κ2) is 11.5. The molecule has 0 aliphatic heterocycles. The highest BCUT2D eigenvalue weighted by Crippen LogP contribution is 2.52. The molecule has 0 saturated heterocycles. The van der Waals surface area contributed by atoms with Gasteiger partial charge < -0.3 is 4.57 Å². The van der Waals surface area contributed by atoms with Crippen LogP contribution in [-0.2, 0) is 5.41 Å². The molecule has 10 aromatic rings. The Balaban J connectivity index is 1.20. The normalized spacial score (nSPS) is 13.1. The van der Waals surface area contributed by atoms with Crippen LogP contribution in [0.1, 0.15) is 25.0 Å². The number of nitrogens with zero attached hydrogens (tertiary/aromatic N) is 4. The first-order valence-electron chi connectivity index (χ1n) is 18.5. The summed E-state index contributed by atoms with van der Waals surface area (Å²) >= 11 is 0. The van der Waals surface area contributed by atoms with Crippen molar-refractivity contribution in [2.75, 3.05) is 0 Å². The summed E-state index contributed by atoms with van der Waals surface area (Å²) in [5, 5.41) is 7.25. The average Bonchev–Trinajstić information content (AvgIpc) is 3.66. The number of aromatic nitrogens is 4. The van der Waals surface area contributed by atoms with Gasteiger partial charge in [0.15, 0.2) is 17.5 Å². The van der Waals surface area contributed by atoms with E-state index in [0.29, 0.717) is 17.5 Å². The fourth-order valence-electron chi connectivity index (χ4n) is 8.76. The Morgan fingerprint density at radius 1 is 0.407 bits per heavy atom. The molecule has 54 heavy (non-hydrogen) atoms. The molecule has 1 aliphatic carbocycles. The lowest BCUT2D eigenvalue weighted by Gasteiger charge is -2.22. The van der Waals surface area contributed by atoms with Crippen molar-refractivity contribution in [1.29, 1.82) is 0 Å². The highest BCUT2D eigenvalue weighted by atomic mass is 15.0. The summed E-state index contributed by atoms with van der Waals surface area (Å²) < 4.78 is 2.46. The van der Waals surface area contributed by atoms with Crippen molar-refractivity contribution in [3.05, 3.63) is 181 Å². The molecule has 1 aliphatic rings. The summed E-state index contributed by atoms with van der Waals surface area (Å²) in [5.41, 5.74) is 11.5. The highest BCUT2D eigenvalue weighted by molar-refractivity contribution is 6.14. The van der Waals surface area contributed by atoms with Crippen LogP contribution in [0, 0.1) is 0 Å². The summed E-state index contributed by atoms with van der Waals surface area (Å²) in [6.45, 7) is 4.74. The van der Waals surface area contributed by atoms with Crippen LogP contribution in [0.15, 0.2) is 170 Å². The standard InChI is InChI=1S/C50H34N4/c1-50(2)41-28-35-20-10-9-19-34(35)27-38(41)39-29-40-36-23-11-12-25-43(36)54(45(40)30-42(39)50)44-26-14-22-31-21-13-24-37(46(31)44)49-52-47(32-15-5-3-6-16-32)51-48(53-49)33-17-7-4-8-18-33/h3-30H,1-2H3. The molecule has 0 N–H and O–H groups in total. The molecule has 2 heterocycles. The summed E-state index contributed by atoms with van der Waals surface area (Å²) in [5.74, 6) is 1.94. The van der Waals surface area contributed by atoms with Gasteiger partial charge in [-0.25, -0.2) is 15.0 Å². The molecule has 0 saturated carbocycles. The SMILES string of the molecule is CC1(C)c2cc3ccccc3cc2-c2cc3c4ccccc4n(-c4cccc5cccc(-c6nc(-c7ccccc7)nc(-c7ccccc7)n6)c45)c3cc21. The summed E-state index contributed by atoms with van der Waals surface area (Å²) in [7, 11) is 0. The number of rotatable bonds is 4. The maximum atomic E-state index is 5.18. The molecular weight excluding hydrogens is 657 g/mol. The van der Waals surface area contributed by atoms with Gasteiger partial charge >= 0.3 is 0 Å². The minimum Gasteiger partial charge on any atom is -0.309 e. The van der Waals surface area contributed by atoms with Crippen molar-refractivity contribution in [2.24, 2.45) is 0 Å². The fraction of sp³-hybridized carbons (Fsp3) is 0.0600. The van der Waals surface area contributed by atoms with Crippen LogP contribution in [0.2, 0.25) is 0 Å². The summed E-state index contributed by atoms with van der Waals surface area (Å²) in [6.07, 6.45) is 0. The van der Waals surface area contributed by atoms with Crippen molar-refractivity contribution < 1.29 is 0 Å². The zero-order chi connectivity index (χ0) is 36.0. The van der Waals surface area contributed by atoms with Crippen LogP contribution in [0.5, 0.6) is 0 Å². The van der Waals surface area contributed by atoms with E-state index in [0.717, 1.165) is 33.2 Å². The first-order chi connectivity index (χ1) is 26.5. The van der Waals surface area contributed by atoms with Gasteiger partial charge in [0.2, 0.25) is 0 Å². The number of fused-ring (bicyclic) bond motifs is 8. The lowest BCUT2D eigenvalue weighted by atomic mass is 9.81. The second-order valence-electron chi connectivity index (χ2n) is 14.9. The molecule has 0 radical (unpaired) electrons. The molecule has 2 aromatic heterocycles. The average molecular weight is 691 g/mol. The third-order valence-electron chi connectivity index (χ3n) is 11.4. The van der Waals surface area contributed by atoms with E-state index in [1.54, 1.807) is 0 Å². The molecule has 254 valence electrons. The van der Waals surface area contributed by atoms with E-state index in [1.165, 1.54) is 54.8 Å². The minimum atomic E-state index is -0.166. The van der Waals surface area contributed by atoms with Crippen LogP contribution in [0.3, 0.4) is 0 Å². The molecule has 11 rings (SSSR count). The Bertz CT molecular complexity index is 3060. The first-order valence-corrected chi connectivity index (χ1v) is 18.5. The molecule has 8 aromatic carbocycles. The Hall–Kier alpha value is -6.91. The topological polar surface area (TPSA) is 43.6 Å². The van der Waals surface area contributed by atoms with E-state index in [4.69, 9.17) is 15.0 Å². The smallest absolute Gasteiger partial charge is 0.164 e. The van der Waals surface area contributed by atoms with Gasteiger partial charge in [-0.3, -0.25) is 0 Å². The van der Waals surface area contributed by atoms with E-state index >= 15 is 0 Å². The predicted molar refractivity (Wildman–Crippen MR) is 223 cm³/mol.